The predicted molar refractivity (Wildman–Crippen MR) is 164 cm³/mol. The van der Waals surface area contributed by atoms with Crippen LogP contribution in [0.2, 0.25) is 0 Å². The van der Waals surface area contributed by atoms with Crippen molar-refractivity contribution in [1.82, 2.24) is 0 Å². The van der Waals surface area contributed by atoms with Crippen molar-refractivity contribution in [3.8, 4) is 0 Å². The Morgan fingerprint density at radius 1 is 0.571 bits per heavy atom. The third kappa shape index (κ3) is 14.8. The highest BCUT2D eigenvalue weighted by atomic mass is 16.5. The highest BCUT2D eigenvalue weighted by molar-refractivity contribution is 5.96. The number of hydrogen-bond donors (Lipinski definition) is 3. The van der Waals surface area contributed by atoms with Crippen molar-refractivity contribution < 1.29 is 39.2 Å². The van der Waals surface area contributed by atoms with Gasteiger partial charge in [0.05, 0.1) is 28.9 Å². The highest BCUT2D eigenvalue weighted by Crippen LogP contribution is 2.19. The van der Waals surface area contributed by atoms with Crippen molar-refractivity contribution in [2.45, 2.75) is 110 Å². The number of carboxylic acid groups (broad SMARTS) is 3. The summed E-state index contributed by atoms with van der Waals surface area (Å²) in [6.45, 7) is 4.76. The number of carbonyl (C=O) groups is 4. The molecule has 232 valence electrons. The normalized spacial score (nSPS) is 10.4. The fraction of sp³-hybridized carbons (Fsp3) is 0.529. The summed E-state index contributed by atoms with van der Waals surface area (Å²) in [6, 6.07) is 10.4. The molecule has 0 amide bonds. The van der Waals surface area contributed by atoms with Gasteiger partial charge in [0.2, 0.25) is 0 Å². The summed E-state index contributed by atoms with van der Waals surface area (Å²) in [5.41, 5.74) is 1.06. The molecule has 3 N–H and O–H groups in total. The molecule has 0 saturated heterocycles. The van der Waals surface area contributed by atoms with E-state index in [2.05, 4.69) is 13.8 Å². The van der Waals surface area contributed by atoms with Gasteiger partial charge < -0.3 is 20.1 Å². The molecule has 0 bridgehead atoms. The summed E-state index contributed by atoms with van der Waals surface area (Å²) >= 11 is 0. The fourth-order valence-corrected chi connectivity index (χ4v) is 4.60. The Labute approximate surface area is 250 Å². The molecule has 42 heavy (non-hydrogen) atoms. The maximum absolute atomic E-state index is 11.8. The van der Waals surface area contributed by atoms with Crippen LogP contribution in [0.15, 0.2) is 42.5 Å². The van der Waals surface area contributed by atoms with Gasteiger partial charge in [0.25, 0.3) is 0 Å². The van der Waals surface area contributed by atoms with E-state index in [9.17, 15) is 19.2 Å². The first-order valence-corrected chi connectivity index (χ1v) is 15.3. The summed E-state index contributed by atoms with van der Waals surface area (Å²) in [6.07, 6.45) is 16.6. The van der Waals surface area contributed by atoms with Crippen molar-refractivity contribution >= 4 is 23.9 Å². The van der Waals surface area contributed by atoms with Crippen molar-refractivity contribution in [1.29, 1.82) is 0 Å². The number of unbranched alkanes of at least 4 members (excludes halogenated alkanes) is 12. The molecule has 0 aliphatic carbocycles. The molecule has 8 nitrogen and oxygen atoms in total. The van der Waals surface area contributed by atoms with Crippen LogP contribution in [0.25, 0.3) is 0 Å². The maximum atomic E-state index is 11.8. The smallest absolute Gasteiger partial charge is 0.338 e. The van der Waals surface area contributed by atoms with Crippen LogP contribution in [0.4, 0.5) is 0 Å². The Hall–Kier alpha value is -3.68. The lowest BCUT2D eigenvalue weighted by Crippen LogP contribution is -2.10. The molecule has 0 fully saturated rings. The van der Waals surface area contributed by atoms with Gasteiger partial charge in [-0.1, -0.05) is 103 Å². The number of rotatable bonds is 20. The number of carboxylic acids is 3. The van der Waals surface area contributed by atoms with Gasteiger partial charge in [-0.05, 0) is 55.2 Å². The van der Waals surface area contributed by atoms with Crippen LogP contribution in [0.3, 0.4) is 0 Å². The minimum atomic E-state index is -1.06. The van der Waals surface area contributed by atoms with Crippen molar-refractivity contribution in [3.05, 3.63) is 70.3 Å². The van der Waals surface area contributed by atoms with Crippen LogP contribution in [0.1, 0.15) is 151 Å². The van der Waals surface area contributed by atoms with Gasteiger partial charge in [-0.25, -0.2) is 19.2 Å². The quantitative estimate of drug-likeness (QED) is 0.104. The van der Waals surface area contributed by atoms with Crippen LogP contribution >= 0.6 is 0 Å². The molecule has 8 heteroatoms. The summed E-state index contributed by atoms with van der Waals surface area (Å²) in [7, 11) is 0. The standard InChI is InChI=1S/C18H26O4.C16H22O4/c1-2-3-4-5-6-7-8-9-13-22-18(21)16-12-10-11-15(14-16)17(19)20;1-2-3-4-5-6-7-9-12-13(15(17)18)10-8-11-14(12)16(19)20/h10-12,14H,2-9,13H2,1H3,(H,19,20);8,10-11H,2-7,9H2,1H3,(H,17,18)(H,19,20). The van der Waals surface area contributed by atoms with E-state index in [4.69, 9.17) is 20.1 Å². The van der Waals surface area contributed by atoms with E-state index in [1.165, 1.54) is 88.1 Å². The molecule has 0 radical (unpaired) electrons. The average Bonchev–Trinajstić information content (AvgIpc) is 2.98. The largest absolute Gasteiger partial charge is 0.478 e. The van der Waals surface area contributed by atoms with E-state index in [1.54, 1.807) is 12.1 Å². The summed E-state index contributed by atoms with van der Waals surface area (Å²) in [4.78, 5) is 45.0. The van der Waals surface area contributed by atoms with Gasteiger partial charge in [0.1, 0.15) is 0 Å². The van der Waals surface area contributed by atoms with Crippen molar-refractivity contribution in [2.75, 3.05) is 6.61 Å². The molecule has 2 rings (SSSR count). The number of aromatic carboxylic acids is 3. The number of ether oxygens (including phenoxy) is 1. The predicted octanol–water partition coefficient (Wildman–Crippen LogP) is 8.67. The molecule has 0 unspecified atom stereocenters. The zero-order valence-corrected chi connectivity index (χ0v) is 25.2. The summed E-state index contributed by atoms with van der Waals surface area (Å²) in [5.74, 6) is -3.62. The molecule has 2 aromatic carbocycles. The van der Waals surface area contributed by atoms with Crippen LogP contribution in [-0.4, -0.2) is 45.8 Å². The number of benzene rings is 2. The minimum absolute atomic E-state index is 0.0986. The van der Waals surface area contributed by atoms with Crippen molar-refractivity contribution in [3.63, 3.8) is 0 Å². The van der Waals surface area contributed by atoms with Crippen LogP contribution < -0.4 is 0 Å². The third-order valence-electron chi connectivity index (χ3n) is 6.99. The molecule has 0 heterocycles. The Morgan fingerprint density at radius 3 is 1.52 bits per heavy atom. The monoisotopic (exact) mass is 584 g/mol. The van der Waals surface area contributed by atoms with Crippen LogP contribution in [-0.2, 0) is 11.2 Å². The van der Waals surface area contributed by atoms with E-state index >= 15 is 0 Å². The van der Waals surface area contributed by atoms with E-state index in [1.807, 2.05) is 0 Å². The van der Waals surface area contributed by atoms with E-state index in [-0.39, 0.29) is 16.7 Å². The van der Waals surface area contributed by atoms with Gasteiger partial charge in [-0.2, -0.15) is 0 Å². The molecule has 0 aliphatic heterocycles. The highest BCUT2D eigenvalue weighted by Gasteiger charge is 2.17. The second-order valence-corrected chi connectivity index (χ2v) is 10.5. The third-order valence-corrected chi connectivity index (χ3v) is 6.99. The van der Waals surface area contributed by atoms with Gasteiger partial charge in [0.15, 0.2) is 0 Å². The molecular weight excluding hydrogens is 536 g/mol. The Balaban J connectivity index is 0.000000422. The summed E-state index contributed by atoms with van der Waals surface area (Å²) < 4.78 is 5.18. The zero-order valence-electron chi connectivity index (χ0n) is 25.2. The minimum Gasteiger partial charge on any atom is -0.478 e. The Morgan fingerprint density at radius 2 is 1.02 bits per heavy atom. The Kier molecular flexibility index (Phi) is 19.0. The molecule has 0 saturated carbocycles. The number of carbonyl (C=O) groups excluding carboxylic acids is 1. The molecule has 0 aliphatic rings. The lowest BCUT2D eigenvalue weighted by molar-refractivity contribution is 0.0496. The summed E-state index contributed by atoms with van der Waals surface area (Å²) in [5, 5.41) is 27.2. The van der Waals surface area contributed by atoms with Crippen LogP contribution in [0.5, 0.6) is 0 Å². The lowest BCUT2D eigenvalue weighted by atomic mass is 9.95. The van der Waals surface area contributed by atoms with Gasteiger partial charge >= 0.3 is 23.9 Å². The number of hydrogen-bond acceptors (Lipinski definition) is 5. The molecular formula is C34H48O8. The first-order valence-electron chi connectivity index (χ1n) is 15.3. The lowest BCUT2D eigenvalue weighted by Gasteiger charge is -2.09. The second kappa shape index (κ2) is 22.0. The molecule has 2 aromatic rings. The maximum Gasteiger partial charge on any atom is 0.338 e. The van der Waals surface area contributed by atoms with Gasteiger partial charge in [-0.3, -0.25) is 0 Å². The molecule has 0 spiro atoms. The first kappa shape index (κ1) is 36.3. The van der Waals surface area contributed by atoms with Gasteiger partial charge in [0, 0.05) is 0 Å². The average molecular weight is 585 g/mol. The zero-order chi connectivity index (χ0) is 31.2. The fourth-order valence-electron chi connectivity index (χ4n) is 4.60. The second-order valence-electron chi connectivity index (χ2n) is 10.5. The van der Waals surface area contributed by atoms with Crippen molar-refractivity contribution in [2.24, 2.45) is 0 Å². The van der Waals surface area contributed by atoms with Gasteiger partial charge in [-0.15, -0.1) is 0 Å². The van der Waals surface area contributed by atoms with Crippen LogP contribution in [0, 0.1) is 0 Å². The SMILES string of the molecule is CCCCCCCCCCOC(=O)c1cccc(C(=O)O)c1.CCCCCCCCc1c(C(=O)O)cccc1C(=O)O. The topological polar surface area (TPSA) is 138 Å². The molecule has 0 atom stereocenters. The Bertz CT molecular complexity index is 1080. The van der Waals surface area contributed by atoms with E-state index in [0.29, 0.717) is 24.2 Å². The number of esters is 1. The van der Waals surface area contributed by atoms with E-state index in [0.717, 1.165) is 32.1 Å². The van der Waals surface area contributed by atoms with E-state index < -0.39 is 23.9 Å². The molecule has 0 aromatic heterocycles. The first-order chi connectivity index (χ1) is 20.2.